The van der Waals surface area contributed by atoms with Crippen molar-refractivity contribution >= 4 is 27.6 Å². The number of benzene rings is 1. The number of nitrogens with one attached hydrogen (secondary N) is 2. The topological polar surface area (TPSA) is 113 Å². The summed E-state index contributed by atoms with van der Waals surface area (Å²) in [5.74, 6) is -2.64. The number of carbonyl (C=O) groups excluding carboxylic acids is 1. The van der Waals surface area contributed by atoms with Crippen LogP contribution in [0, 0.1) is 11.8 Å². The van der Waals surface area contributed by atoms with E-state index in [4.69, 9.17) is 5.11 Å². The van der Waals surface area contributed by atoms with Crippen LogP contribution >= 0.6 is 0 Å². The summed E-state index contributed by atoms with van der Waals surface area (Å²) in [5.41, 5.74) is 1.02. The fraction of sp³-hybridized carbons (Fsp3) is 0.529. The van der Waals surface area contributed by atoms with Crippen molar-refractivity contribution in [3.63, 3.8) is 0 Å². The Morgan fingerprint density at radius 3 is 2.52 bits per heavy atom. The molecule has 0 bridgehead atoms. The Morgan fingerprint density at radius 2 is 1.96 bits per heavy atom. The quantitative estimate of drug-likeness (QED) is 0.649. The molecule has 8 heteroatoms. The van der Waals surface area contributed by atoms with Crippen LogP contribution in [0.1, 0.15) is 38.7 Å². The molecule has 0 radical (unpaired) electrons. The first kappa shape index (κ1) is 19.4. The number of rotatable bonds is 8. The van der Waals surface area contributed by atoms with Gasteiger partial charge in [-0.15, -0.1) is 0 Å². The Bertz CT molecular complexity index is 747. The van der Waals surface area contributed by atoms with Crippen LogP contribution in [-0.2, 0) is 25.4 Å². The van der Waals surface area contributed by atoms with Crippen LogP contribution in [0.2, 0.25) is 0 Å². The standard InChI is InChI=1S/C17H24N2O5S/c1-3-11(2)19-25(23,24)10-12-5-4-6-13(9-12)18-16(20)14-7-8-15(14)17(21)22/h4-6,9,11,14-15,19H,3,7-8,10H2,1-2H3,(H,18,20)(H,21,22). The van der Waals surface area contributed by atoms with Gasteiger partial charge in [0.05, 0.1) is 17.6 Å². The van der Waals surface area contributed by atoms with E-state index in [1.807, 2.05) is 6.92 Å². The summed E-state index contributed by atoms with van der Waals surface area (Å²) >= 11 is 0. The number of hydrogen-bond donors (Lipinski definition) is 3. The number of amides is 1. The highest BCUT2D eigenvalue weighted by atomic mass is 32.2. The molecule has 1 amide bonds. The van der Waals surface area contributed by atoms with Gasteiger partial charge in [0.2, 0.25) is 15.9 Å². The van der Waals surface area contributed by atoms with Crippen LogP contribution in [0.15, 0.2) is 24.3 Å². The molecule has 1 aliphatic rings. The first-order valence-corrected chi connectivity index (χ1v) is 9.99. The van der Waals surface area contributed by atoms with Crippen molar-refractivity contribution in [2.24, 2.45) is 11.8 Å². The molecule has 1 aliphatic carbocycles. The van der Waals surface area contributed by atoms with E-state index < -0.39 is 27.8 Å². The molecule has 3 N–H and O–H groups in total. The summed E-state index contributed by atoms with van der Waals surface area (Å²) in [6, 6.07) is 6.46. The van der Waals surface area contributed by atoms with Gasteiger partial charge in [-0.1, -0.05) is 19.1 Å². The number of anilines is 1. The summed E-state index contributed by atoms with van der Waals surface area (Å²) in [5, 5.41) is 11.7. The van der Waals surface area contributed by atoms with Gasteiger partial charge < -0.3 is 10.4 Å². The van der Waals surface area contributed by atoms with E-state index in [1.54, 1.807) is 31.2 Å². The van der Waals surface area contributed by atoms with Crippen molar-refractivity contribution in [1.82, 2.24) is 4.72 Å². The minimum absolute atomic E-state index is 0.139. The minimum atomic E-state index is -3.46. The Kier molecular flexibility index (Phi) is 6.18. The number of carboxylic acids is 1. The van der Waals surface area contributed by atoms with Gasteiger partial charge in [-0.2, -0.15) is 0 Å². The highest BCUT2D eigenvalue weighted by molar-refractivity contribution is 7.88. The van der Waals surface area contributed by atoms with Crippen LogP contribution in [0.3, 0.4) is 0 Å². The molecule has 1 aromatic carbocycles. The highest BCUT2D eigenvalue weighted by Crippen LogP contribution is 2.35. The molecule has 0 saturated heterocycles. The van der Waals surface area contributed by atoms with Crippen LogP contribution in [0.25, 0.3) is 0 Å². The molecule has 0 aromatic heterocycles. The second-order valence-corrected chi connectivity index (χ2v) is 8.26. The molecule has 1 aromatic rings. The maximum Gasteiger partial charge on any atom is 0.307 e. The molecule has 7 nitrogen and oxygen atoms in total. The summed E-state index contributed by atoms with van der Waals surface area (Å²) in [7, 11) is -3.46. The van der Waals surface area contributed by atoms with Gasteiger partial charge in [-0.05, 0) is 43.9 Å². The lowest BCUT2D eigenvalue weighted by molar-refractivity contribution is -0.151. The second-order valence-electron chi connectivity index (χ2n) is 6.50. The average Bonchev–Trinajstić information content (AvgIpc) is 2.44. The van der Waals surface area contributed by atoms with Crippen molar-refractivity contribution in [2.45, 2.75) is 44.9 Å². The monoisotopic (exact) mass is 368 g/mol. The molecule has 3 atom stereocenters. The molecule has 25 heavy (non-hydrogen) atoms. The zero-order valence-electron chi connectivity index (χ0n) is 14.4. The predicted octanol–water partition coefficient (Wildman–Crippen LogP) is 1.95. The molecular weight excluding hydrogens is 344 g/mol. The number of aliphatic carboxylic acids is 1. The number of hydrogen-bond acceptors (Lipinski definition) is 4. The number of carbonyl (C=O) groups is 2. The maximum atomic E-state index is 12.2. The number of sulfonamides is 1. The molecule has 1 saturated carbocycles. The normalized spacial score (nSPS) is 21.2. The van der Waals surface area contributed by atoms with Crippen molar-refractivity contribution in [3.05, 3.63) is 29.8 Å². The average molecular weight is 368 g/mol. The molecule has 0 aliphatic heterocycles. The van der Waals surface area contributed by atoms with Crippen molar-refractivity contribution in [1.29, 1.82) is 0 Å². The van der Waals surface area contributed by atoms with Gasteiger partial charge in [-0.3, -0.25) is 9.59 Å². The maximum absolute atomic E-state index is 12.2. The van der Waals surface area contributed by atoms with Crippen molar-refractivity contribution in [3.8, 4) is 0 Å². The molecule has 138 valence electrons. The Balaban J connectivity index is 2.01. The molecule has 1 fully saturated rings. The van der Waals surface area contributed by atoms with E-state index in [-0.39, 0.29) is 17.7 Å². The van der Waals surface area contributed by atoms with Crippen LogP contribution < -0.4 is 10.0 Å². The summed E-state index contributed by atoms with van der Waals surface area (Å²) in [6.07, 6.45) is 1.75. The lowest BCUT2D eigenvalue weighted by Crippen LogP contribution is -2.41. The van der Waals surface area contributed by atoms with Crippen LogP contribution in [-0.4, -0.2) is 31.4 Å². The SMILES string of the molecule is CCC(C)NS(=O)(=O)Cc1cccc(NC(=O)C2CCC2C(=O)O)c1. The lowest BCUT2D eigenvalue weighted by atomic mass is 9.73. The Hall–Kier alpha value is -1.93. The molecule has 0 spiro atoms. The van der Waals surface area contributed by atoms with Gasteiger partial charge in [0.15, 0.2) is 0 Å². The Labute approximate surface area is 147 Å². The third-order valence-electron chi connectivity index (χ3n) is 4.47. The second kappa shape index (κ2) is 7.97. The third kappa shape index (κ3) is 5.27. The first-order chi connectivity index (χ1) is 11.7. The van der Waals surface area contributed by atoms with E-state index in [0.29, 0.717) is 30.5 Å². The zero-order valence-corrected chi connectivity index (χ0v) is 15.2. The molecular formula is C17H24N2O5S. The van der Waals surface area contributed by atoms with E-state index in [1.165, 1.54) is 0 Å². The highest BCUT2D eigenvalue weighted by Gasteiger charge is 2.41. The Morgan fingerprint density at radius 1 is 1.28 bits per heavy atom. The smallest absolute Gasteiger partial charge is 0.307 e. The van der Waals surface area contributed by atoms with Gasteiger partial charge in [0.1, 0.15) is 0 Å². The third-order valence-corrected chi connectivity index (χ3v) is 5.95. The summed E-state index contributed by atoms with van der Waals surface area (Å²) in [6.45, 7) is 3.69. The zero-order chi connectivity index (χ0) is 18.6. The van der Waals surface area contributed by atoms with E-state index >= 15 is 0 Å². The van der Waals surface area contributed by atoms with Gasteiger partial charge in [0, 0.05) is 11.7 Å². The molecule has 2 rings (SSSR count). The van der Waals surface area contributed by atoms with Gasteiger partial charge >= 0.3 is 5.97 Å². The van der Waals surface area contributed by atoms with Gasteiger partial charge in [-0.25, -0.2) is 13.1 Å². The van der Waals surface area contributed by atoms with Crippen LogP contribution in [0.5, 0.6) is 0 Å². The first-order valence-electron chi connectivity index (χ1n) is 8.34. The predicted molar refractivity (Wildman–Crippen MR) is 94.4 cm³/mol. The van der Waals surface area contributed by atoms with Gasteiger partial charge in [0.25, 0.3) is 0 Å². The van der Waals surface area contributed by atoms with Crippen molar-refractivity contribution < 1.29 is 23.1 Å². The minimum Gasteiger partial charge on any atom is -0.481 e. The molecule has 3 unspecified atom stereocenters. The summed E-state index contributed by atoms with van der Waals surface area (Å²) in [4.78, 5) is 23.2. The number of carboxylic acid groups (broad SMARTS) is 1. The lowest BCUT2D eigenvalue weighted by Gasteiger charge is -2.31. The van der Waals surface area contributed by atoms with E-state index in [9.17, 15) is 18.0 Å². The van der Waals surface area contributed by atoms with Crippen molar-refractivity contribution in [2.75, 3.05) is 5.32 Å². The molecule has 0 heterocycles. The van der Waals surface area contributed by atoms with E-state index in [0.717, 1.165) is 0 Å². The van der Waals surface area contributed by atoms with E-state index in [2.05, 4.69) is 10.0 Å². The fourth-order valence-electron chi connectivity index (χ4n) is 2.73. The fourth-order valence-corrected chi connectivity index (χ4v) is 4.22. The van der Waals surface area contributed by atoms with Crippen LogP contribution in [0.4, 0.5) is 5.69 Å². The largest absolute Gasteiger partial charge is 0.481 e. The summed E-state index contributed by atoms with van der Waals surface area (Å²) < 4.78 is 26.8.